The molecule has 3 N–H and O–H groups in total. The smallest absolute Gasteiger partial charge is 0.306 e. The van der Waals surface area contributed by atoms with Gasteiger partial charge in [-0.25, -0.2) is 0 Å². The van der Waals surface area contributed by atoms with Crippen molar-refractivity contribution in [3.63, 3.8) is 0 Å². The predicted octanol–water partition coefficient (Wildman–Crippen LogP) is 4.43. The molecule has 6 rings (SSSR count). The van der Waals surface area contributed by atoms with Crippen molar-refractivity contribution in [1.82, 2.24) is 0 Å². The van der Waals surface area contributed by atoms with E-state index in [9.17, 15) is 20.1 Å². The van der Waals surface area contributed by atoms with Crippen LogP contribution in [0.5, 0.6) is 0 Å². The Morgan fingerprint density at radius 3 is 2.50 bits per heavy atom. The number of hydrogen-bond acceptors (Lipinski definition) is 8. The second-order valence-electron chi connectivity index (χ2n) is 13.7. The molecule has 8 heteroatoms. The summed E-state index contributed by atoms with van der Waals surface area (Å²) < 4.78 is 26.5. The summed E-state index contributed by atoms with van der Waals surface area (Å²) in [6.45, 7) is 11.6. The van der Waals surface area contributed by atoms with Gasteiger partial charge in [0.05, 0.1) is 12.2 Å². The number of aliphatic hydroxyl groups excluding tert-OH is 2. The number of aliphatic hydroxyl groups is 3. The SMILES string of the molecule is C=C(C)[C@]12C[C@@H](C)[C@@]34O[C@](/C=C\C=C\CCCCCCCCC)(O[C@@H]1[C@@H]3[C@@H]1O[C@]1(CO)[C@@H](O)[C@]1(O)C(=O)C(C)=C[C@H]14)O2. The maximum absolute atomic E-state index is 13.5. The van der Waals surface area contributed by atoms with Crippen LogP contribution in [0.4, 0.5) is 0 Å². The highest BCUT2D eigenvalue weighted by atomic mass is 16.9. The van der Waals surface area contributed by atoms with Gasteiger partial charge in [-0.2, -0.15) is 0 Å². The number of ketones is 1. The van der Waals surface area contributed by atoms with Crippen LogP contribution in [0.1, 0.15) is 85.5 Å². The highest BCUT2D eigenvalue weighted by Gasteiger charge is 2.88. The molecular weight excluding hydrogens is 536 g/mol. The van der Waals surface area contributed by atoms with Crippen LogP contribution in [-0.2, 0) is 23.7 Å². The Hall–Kier alpha value is -1.65. The van der Waals surface area contributed by atoms with E-state index in [-0.39, 0.29) is 5.92 Å². The molecule has 232 valence electrons. The number of carbonyl (C=O) groups is 1. The largest absolute Gasteiger partial charge is 0.393 e. The van der Waals surface area contributed by atoms with Crippen LogP contribution in [0.15, 0.2) is 48.1 Å². The van der Waals surface area contributed by atoms with Crippen LogP contribution in [-0.4, -0.2) is 74.4 Å². The number of unbranched alkanes of at least 4 members (excludes halogenated alkanes) is 7. The Morgan fingerprint density at radius 2 is 1.81 bits per heavy atom. The number of rotatable bonds is 12. The first-order valence-electron chi connectivity index (χ1n) is 16.0. The molecule has 11 atom stereocenters. The number of ether oxygens (including phenoxy) is 4. The molecule has 3 aliphatic heterocycles. The Labute approximate surface area is 249 Å². The molecule has 0 amide bonds. The van der Waals surface area contributed by atoms with Gasteiger partial charge >= 0.3 is 5.97 Å². The lowest BCUT2D eigenvalue weighted by Crippen LogP contribution is -2.72. The average molecular weight is 585 g/mol. The molecular formula is C34H48O8. The number of hydrogen-bond donors (Lipinski definition) is 3. The number of carbonyl (C=O) groups excluding carboxylic acids is 1. The minimum Gasteiger partial charge on any atom is -0.393 e. The van der Waals surface area contributed by atoms with E-state index >= 15 is 0 Å². The van der Waals surface area contributed by atoms with Gasteiger partial charge in [0.15, 0.2) is 11.4 Å². The van der Waals surface area contributed by atoms with Crippen LogP contribution < -0.4 is 0 Å². The zero-order valence-electron chi connectivity index (χ0n) is 25.5. The molecule has 2 saturated carbocycles. The third-order valence-electron chi connectivity index (χ3n) is 11.2. The van der Waals surface area contributed by atoms with Crippen molar-refractivity contribution in [3.05, 3.63) is 48.1 Å². The van der Waals surface area contributed by atoms with E-state index in [0.29, 0.717) is 12.0 Å². The third-order valence-corrected chi connectivity index (χ3v) is 11.2. The zero-order chi connectivity index (χ0) is 30.1. The summed E-state index contributed by atoms with van der Waals surface area (Å²) in [7, 11) is 0. The summed E-state index contributed by atoms with van der Waals surface area (Å²) in [4.78, 5) is 13.5. The second kappa shape index (κ2) is 10.5. The molecule has 6 aliphatic rings. The molecule has 3 aliphatic carbocycles. The van der Waals surface area contributed by atoms with Gasteiger partial charge < -0.3 is 34.3 Å². The van der Waals surface area contributed by atoms with Gasteiger partial charge in [0.1, 0.15) is 29.5 Å². The molecule has 0 aromatic carbocycles. The molecule has 42 heavy (non-hydrogen) atoms. The molecule has 5 fully saturated rings. The summed E-state index contributed by atoms with van der Waals surface area (Å²) in [6.07, 6.45) is 16.9. The molecule has 0 aromatic heterocycles. The van der Waals surface area contributed by atoms with Gasteiger partial charge in [-0.1, -0.05) is 83.3 Å². The van der Waals surface area contributed by atoms with Gasteiger partial charge in [0, 0.05) is 17.9 Å². The summed E-state index contributed by atoms with van der Waals surface area (Å²) in [5.41, 5.74) is -4.66. The predicted molar refractivity (Wildman–Crippen MR) is 156 cm³/mol. The molecule has 3 saturated heterocycles. The molecule has 0 radical (unpaired) electrons. The standard InChI is InChI=1S/C34H48O8/c1-6-7-8-9-10-11-12-13-14-15-16-17-32-40-27-25-28-31(20-35,39-28)29(37)33(38)24(18-22(4)26(33)36)34(25,42-32)23(5)19-30(27,41-32)21(2)3/h14-18,23-25,27-29,35,37-38H,2,6-13,19-20H2,1,3-5H3/b15-14+,17-16-/t23-,24-,25-,27-,28+,29-,30-,31+,32-,33-,34+/m1/s1. The van der Waals surface area contributed by atoms with Crippen molar-refractivity contribution in [2.45, 2.75) is 132 Å². The molecule has 0 aromatic rings. The summed E-state index contributed by atoms with van der Waals surface area (Å²) in [5.74, 6) is -3.80. The van der Waals surface area contributed by atoms with E-state index in [1.807, 2.05) is 26.0 Å². The maximum atomic E-state index is 13.5. The van der Waals surface area contributed by atoms with E-state index in [2.05, 4.69) is 19.6 Å². The Bertz CT molecular complexity index is 1210. The first kappa shape index (κ1) is 30.4. The van der Waals surface area contributed by atoms with Gasteiger partial charge in [0.25, 0.3) is 0 Å². The van der Waals surface area contributed by atoms with Crippen LogP contribution in [0.2, 0.25) is 0 Å². The summed E-state index contributed by atoms with van der Waals surface area (Å²) in [5, 5.41) is 34.2. The fourth-order valence-corrected chi connectivity index (χ4v) is 8.98. The number of epoxide rings is 1. The topological polar surface area (TPSA) is 118 Å². The normalized spacial score (nSPS) is 48.4. The fraction of sp³-hybridized carbons (Fsp3) is 0.735. The first-order valence-corrected chi connectivity index (χ1v) is 16.0. The van der Waals surface area contributed by atoms with E-state index in [1.165, 1.54) is 38.5 Å². The van der Waals surface area contributed by atoms with Crippen molar-refractivity contribution in [2.75, 3.05) is 6.61 Å². The molecule has 3 bridgehead atoms. The van der Waals surface area contributed by atoms with Crippen LogP contribution in [0.3, 0.4) is 0 Å². The monoisotopic (exact) mass is 584 g/mol. The van der Waals surface area contributed by atoms with E-state index < -0.39 is 70.9 Å². The van der Waals surface area contributed by atoms with Gasteiger partial charge in [-0.15, -0.1) is 0 Å². The van der Waals surface area contributed by atoms with Crippen LogP contribution in [0.25, 0.3) is 0 Å². The fourth-order valence-electron chi connectivity index (χ4n) is 8.98. The number of Topliss-reactive ketones (excluding diaryl/α,β-unsaturated/α-hetero) is 1. The second-order valence-corrected chi connectivity index (χ2v) is 13.7. The minimum absolute atomic E-state index is 0.236. The molecule has 0 spiro atoms. The Kier molecular flexibility index (Phi) is 7.57. The molecule has 0 unspecified atom stereocenters. The lowest BCUT2D eigenvalue weighted by atomic mass is 9.54. The van der Waals surface area contributed by atoms with Gasteiger partial charge in [-0.05, 0) is 50.2 Å². The van der Waals surface area contributed by atoms with Crippen molar-refractivity contribution in [3.8, 4) is 0 Å². The third kappa shape index (κ3) is 3.95. The lowest BCUT2D eigenvalue weighted by molar-refractivity contribution is -0.406. The van der Waals surface area contributed by atoms with Crippen LogP contribution in [0, 0.1) is 17.8 Å². The van der Waals surface area contributed by atoms with Crippen molar-refractivity contribution in [2.24, 2.45) is 17.8 Å². The van der Waals surface area contributed by atoms with Crippen molar-refractivity contribution >= 4 is 5.78 Å². The highest BCUT2D eigenvalue weighted by molar-refractivity contribution is 6.05. The first-order chi connectivity index (χ1) is 20.0. The van der Waals surface area contributed by atoms with Crippen molar-refractivity contribution < 1.29 is 39.1 Å². The summed E-state index contributed by atoms with van der Waals surface area (Å²) >= 11 is 0. The summed E-state index contributed by atoms with van der Waals surface area (Å²) in [6, 6.07) is 0. The van der Waals surface area contributed by atoms with Crippen molar-refractivity contribution in [1.29, 1.82) is 0 Å². The number of allylic oxidation sites excluding steroid dienone is 3. The molecule has 3 heterocycles. The van der Waals surface area contributed by atoms with E-state index in [1.54, 1.807) is 19.1 Å². The van der Waals surface area contributed by atoms with Gasteiger partial charge in [0.2, 0.25) is 0 Å². The zero-order valence-corrected chi connectivity index (χ0v) is 25.5. The van der Waals surface area contributed by atoms with Crippen LogP contribution >= 0.6 is 0 Å². The minimum atomic E-state index is -2.22. The molecule has 8 nitrogen and oxygen atoms in total. The van der Waals surface area contributed by atoms with E-state index in [0.717, 1.165) is 18.4 Å². The Balaban J connectivity index is 1.31. The average Bonchev–Trinajstić information content (AvgIpc) is 3.60. The highest BCUT2D eigenvalue weighted by Crippen LogP contribution is 2.72. The number of fused-ring (bicyclic) bond motifs is 3. The maximum Gasteiger partial charge on any atom is 0.306 e. The lowest BCUT2D eigenvalue weighted by Gasteiger charge is -2.59. The quantitative estimate of drug-likeness (QED) is 0.134. The van der Waals surface area contributed by atoms with Gasteiger partial charge in [-0.3, -0.25) is 4.79 Å². The Morgan fingerprint density at radius 1 is 1.10 bits per heavy atom. The van der Waals surface area contributed by atoms with E-state index in [4.69, 9.17) is 18.9 Å².